The number of aromatic carboxylic acids is 1. The molecule has 0 radical (unpaired) electrons. The van der Waals surface area contributed by atoms with Crippen LogP contribution in [0.5, 0.6) is 5.75 Å². The number of ether oxygens (including phenoxy) is 1. The molecule has 0 spiro atoms. The first-order valence-electron chi connectivity index (χ1n) is 5.40. The number of hydrogen-bond acceptors (Lipinski definition) is 5. The van der Waals surface area contributed by atoms with E-state index in [0.717, 1.165) is 6.14 Å². The Kier molecular flexibility index (Phi) is 4.56. The van der Waals surface area contributed by atoms with Crippen molar-refractivity contribution in [1.82, 2.24) is 9.97 Å². The van der Waals surface area contributed by atoms with E-state index in [0.29, 0.717) is 12.2 Å². The third-order valence-electron chi connectivity index (χ3n) is 2.40. The third kappa shape index (κ3) is 3.82. The van der Waals surface area contributed by atoms with Gasteiger partial charge in [0.2, 0.25) is 0 Å². The Balaban J connectivity index is 2.20. The van der Waals surface area contributed by atoms with E-state index in [1.165, 1.54) is 12.4 Å². The van der Waals surface area contributed by atoms with Crippen LogP contribution in [0.4, 0.5) is 0 Å². The molecule has 6 nitrogen and oxygen atoms in total. The van der Waals surface area contributed by atoms with Gasteiger partial charge < -0.3 is 0 Å². The van der Waals surface area contributed by atoms with E-state index in [1.807, 2.05) is 0 Å². The zero-order valence-corrected chi connectivity index (χ0v) is 15.3. The molecule has 1 N–H and O–H groups in total. The molecule has 92 valence electrons. The molecule has 0 aliphatic carbocycles. The molecule has 0 amide bonds. The molecule has 0 saturated heterocycles. The van der Waals surface area contributed by atoms with Crippen molar-refractivity contribution in [2.24, 2.45) is 0 Å². The van der Waals surface area contributed by atoms with Crippen LogP contribution in [0, 0.1) is 0 Å². The second kappa shape index (κ2) is 6.37. The number of carbonyl (C=O) groups is 2. The third-order valence-corrected chi connectivity index (χ3v) is 8.58. The van der Waals surface area contributed by atoms with Gasteiger partial charge in [0, 0.05) is 0 Å². The Hall–Kier alpha value is -1.82. The Morgan fingerprint density at radius 3 is 2.53 bits per heavy atom. The van der Waals surface area contributed by atoms with Gasteiger partial charge in [0.05, 0.1) is 0 Å². The molecular formula is C12H8HgN2O4. The van der Waals surface area contributed by atoms with E-state index in [4.69, 9.17) is 9.84 Å². The Morgan fingerprint density at radius 2 is 1.84 bits per heavy atom. The first-order chi connectivity index (χ1) is 9.19. The quantitative estimate of drug-likeness (QED) is 0.505. The summed E-state index contributed by atoms with van der Waals surface area (Å²) in [4.78, 5) is 29.0. The molecule has 0 unspecified atom stereocenters. The van der Waals surface area contributed by atoms with Crippen LogP contribution in [0.3, 0.4) is 0 Å². The SMILES string of the molecule is O=COc1cnc[c]([Hg][c]2cncc(C(=O)O)c2)c1. The van der Waals surface area contributed by atoms with Crippen LogP contribution in [0.2, 0.25) is 0 Å². The van der Waals surface area contributed by atoms with Gasteiger partial charge in [-0.1, -0.05) is 0 Å². The first-order valence-corrected chi connectivity index (χ1v) is 10.9. The van der Waals surface area contributed by atoms with Crippen LogP contribution in [-0.4, -0.2) is 27.5 Å². The summed E-state index contributed by atoms with van der Waals surface area (Å²) in [5.41, 5.74) is 0.186. The molecule has 19 heavy (non-hydrogen) atoms. The monoisotopic (exact) mass is 446 g/mol. The average molecular weight is 445 g/mol. The number of rotatable bonds is 5. The molecule has 0 aliphatic rings. The normalized spacial score (nSPS) is 9.47. The van der Waals surface area contributed by atoms with Crippen LogP contribution in [0.1, 0.15) is 10.4 Å². The number of pyridine rings is 2. The van der Waals surface area contributed by atoms with Crippen LogP contribution in [-0.2, 0) is 29.4 Å². The summed E-state index contributed by atoms with van der Waals surface area (Å²) >= 11 is -1.73. The summed E-state index contributed by atoms with van der Waals surface area (Å²) in [6.45, 7) is 0.351. The molecular weight excluding hydrogens is 437 g/mol. The zero-order valence-electron chi connectivity index (χ0n) is 9.81. The molecule has 7 heteroatoms. The number of nitrogens with zero attached hydrogens (tertiary/aromatic N) is 2. The van der Waals surface area contributed by atoms with Crippen molar-refractivity contribution in [3.05, 3.63) is 42.5 Å². The molecule has 0 bridgehead atoms. The van der Waals surface area contributed by atoms with Gasteiger partial charge in [-0.25, -0.2) is 0 Å². The number of carbonyl (C=O) groups excluding carboxylic acids is 1. The van der Waals surface area contributed by atoms with Crippen molar-refractivity contribution in [1.29, 1.82) is 0 Å². The molecule has 2 aromatic rings. The van der Waals surface area contributed by atoms with Crippen LogP contribution < -0.4 is 10.9 Å². The standard InChI is InChI=1S/2C6H4NO2.Hg/c8-5-9-6-2-1-3-7-4-6;8-6(9)5-2-1-3-7-4-5;/h2-5H;2-4H,(H,8,9);. The Labute approximate surface area is 120 Å². The second-order valence-electron chi connectivity index (χ2n) is 3.81. The van der Waals surface area contributed by atoms with Gasteiger partial charge >= 0.3 is 121 Å². The van der Waals surface area contributed by atoms with Crippen molar-refractivity contribution in [3.8, 4) is 5.75 Å². The maximum absolute atomic E-state index is 10.9. The summed E-state index contributed by atoms with van der Waals surface area (Å²) < 4.78 is 6.71. The van der Waals surface area contributed by atoms with Gasteiger partial charge in [0.1, 0.15) is 0 Å². The predicted molar refractivity (Wildman–Crippen MR) is 61.4 cm³/mol. The minimum absolute atomic E-state index is 0.186. The maximum atomic E-state index is 10.9. The van der Waals surface area contributed by atoms with Gasteiger partial charge in [0.15, 0.2) is 0 Å². The molecule has 0 fully saturated rings. The average Bonchev–Trinajstić information content (AvgIpc) is 2.40. The van der Waals surface area contributed by atoms with Crippen molar-refractivity contribution < 1.29 is 44.0 Å². The number of carboxylic acids is 1. The zero-order chi connectivity index (χ0) is 13.7. The molecule has 0 aliphatic heterocycles. The summed E-state index contributed by atoms with van der Waals surface area (Å²) in [7, 11) is 0. The van der Waals surface area contributed by atoms with Gasteiger partial charge in [-0.15, -0.1) is 0 Å². The number of carboxylic acid groups (broad SMARTS) is 1. The van der Waals surface area contributed by atoms with Gasteiger partial charge in [-0.2, -0.15) is 0 Å². The molecule has 0 aromatic carbocycles. The molecule has 0 saturated carbocycles. The van der Waals surface area contributed by atoms with E-state index < -0.39 is 30.5 Å². The van der Waals surface area contributed by atoms with E-state index >= 15 is 0 Å². The summed E-state index contributed by atoms with van der Waals surface area (Å²) in [5.74, 6) is -0.589. The fraction of sp³-hybridized carbons (Fsp3) is 0. The molecule has 2 heterocycles. The topological polar surface area (TPSA) is 89.4 Å². The first kappa shape index (κ1) is 13.6. The second-order valence-corrected chi connectivity index (χ2v) is 11.5. The van der Waals surface area contributed by atoms with E-state index in [-0.39, 0.29) is 5.56 Å². The minimum atomic E-state index is -1.73. The molecule has 2 aromatic heterocycles. The van der Waals surface area contributed by atoms with Crippen molar-refractivity contribution >= 4 is 18.6 Å². The van der Waals surface area contributed by atoms with Crippen LogP contribution >= 0.6 is 0 Å². The Morgan fingerprint density at radius 1 is 1.16 bits per heavy atom. The van der Waals surface area contributed by atoms with Crippen LogP contribution in [0.15, 0.2) is 36.9 Å². The summed E-state index contributed by atoms with van der Waals surface area (Å²) in [6, 6.07) is 3.40. The van der Waals surface area contributed by atoms with Crippen molar-refractivity contribution in [3.63, 3.8) is 0 Å². The van der Waals surface area contributed by atoms with Crippen LogP contribution in [0.25, 0.3) is 0 Å². The molecule has 2 rings (SSSR count). The number of hydrogen-bond donors (Lipinski definition) is 1. The summed E-state index contributed by atoms with van der Waals surface area (Å²) in [5, 5.41) is 8.90. The predicted octanol–water partition coefficient (Wildman–Crippen LogP) is -0.257. The van der Waals surface area contributed by atoms with E-state index in [9.17, 15) is 9.59 Å². The van der Waals surface area contributed by atoms with Gasteiger partial charge in [0.25, 0.3) is 0 Å². The van der Waals surface area contributed by atoms with Crippen molar-refractivity contribution in [2.45, 2.75) is 0 Å². The Bertz CT molecular complexity index is 618. The van der Waals surface area contributed by atoms with Gasteiger partial charge in [-0.3, -0.25) is 0 Å². The number of aromatic nitrogens is 2. The molecule has 0 atom stereocenters. The fourth-order valence-electron chi connectivity index (χ4n) is 1.62. The fourth-order valence-corrected chi connectivity index (χ4v) is 7.41. The van der Waals surface area contributed by atoms with Gasteiger partial charge in [-0.05, 0) is 0 Å². The van der Waals surface area contributed by atoms with E-state index in [2.05, 4.69) is 9.97 Å². The van der Waals surface area contributed by atoms with E-state index in [1.54, 1.807) is 24.5 Å². The van der Waals surface area contributed by atoms with Crippen molar-refractivity contribution in [2.75, 3.05) is 0 Å². The summed E-state index contributed by atoms with van der Waals surface area (Å²) in [6.07, 6.45) is 6.18.